The number of hydrogen-bond acceptors (Lipinski definition) is 4. The molecule has 1 aliphatic heterocycles. The molecule has 0 amide bonds. The molecule has 1 aliphatic rings. The minimum atomic E-state index is -0.363. The Morgan fingerprint density at radius 1 is 0.889 bits per heavy atom. The Bertz CT molecular complexity index is 863. The van der Waals surface area contributed by atoms with Crippen LogP contribution in [0.4, 0.5) is 0 Å². The van der Waals surface area contributed by atoms with E-state index in [2.05, 4.69) is 0 Å². The lowest BCUT2D eigenvalue weighted by molar-refractivity contribution is -0.114. The fourth-order valence-corrected chi connectivity index (χ4v) is 3.34. The number of carbonyl (C=O) groups is 2. The molecule has 0 radical (unpaired) electrons. The summed E-state index contributed by atoms with van der Waals surface area (Å²) < 4.78 is 5.22. The first-order valence-electron chi connectivity index (χ1n) is 8.88. The van der Waals surface area contributed by atoms with Crippen molar-refractivity contribution in [2.45, 2.75) is 26.3 Å². The summed E-state index contributed by atoms with van der Waals surface area (Å²) >= 11 is 0. The minimum absolute atomic E-state index is 0.0410. The average molecular weight is 361 g/mol. The van der Waals surface area contributed by atoms with Crippen LogP contribution >= 0.6 is 0 Å². The highest BCUT2D eigenvalue weighted by atomic mass is 16.5. The second kappa shape index (κ2) is 8.04. The van der Waals surface area contributed by atoms with E-state index >= 15 is 0 Å². The molecule has 0 spiro atoms. The van der Waals surface area contributed by atoms with Gasteiger partial charge in [-0.25, -0.2) is 0 Å². The van der Waals surface area contributed by atoms with E-state index in [-0.39, 0.29) is 17.5 Å². The molecular formula is C23H23NO3. The van der Waals surface area contributed by atoms with Crippen molar-refractivity contribution in [1.82, 2.24) is 4.90 Å². The number of hydrogen-bond donors (Lipinski definition) is 0. The van der Waals surface area contributed by atoms with Crippen molar-refractivity contribution >= 4 is 11.6 Å². The summed E-state index contributed by atoms with van der Waals surface area (Å²) in [5.74, 6) is 0.293. The standard InChI is InChI=1S/C23H23NO3/c1-16(25)21-14-24(13-18-7-5-4-6-8-18)15-22(17(2)26)23(21)19-9-11-20(27-3)12-10-19/h4-12,14-15,23H,13H2,1-3H3. The van der Waals surface area contributed by atoms with Crippen molar-refractivity contribution in [1.29, 1.82) is 0 Å². The topological polar surface area (TPSA) is 46.6 Å². The van der Waals surface area contributed by atoms with Gasteiger partial charge in [-0.1, -0.05) is 42.5 Å². The van der Waals surface area contributed by atoms with Gasteiger partial charge in [0.05, 0.1) is 7.11 Å². The van der Waals surface area contributed by atoms with E-state index in [0.717, 1.165) is 16.9 Å². The first-order chi connectivity index (χ1) is 13.0. The van der Waals surface area contributed by atoms with Crippen molar-refractivity contribution in [3.05, 3.63) is 89.3 Å². The van der Waals surface area contributed by atoms with Gasteiger partial charge < -0.3 is 9.64 Å². The lowest BCUT2D eigenvalue weighted by Crippen LogP contribution is -2.26. The van der Waals surface area contributed by atoms with E-state index in [9.17, 15) is 9.59 Å². The van der Waals surface area contributed by atoms with Crippen LogP contribution in [0.2, 0.25) is 0 Å². The monoisotopic (exact) mass is 361 g/mol. The van der Waals surface area contributed by atoms with Crippen LogP contribution in [0.3, 0.4) is 0 Å². The third-order valence-corrected chi connectivity index (χ3v) is 4.70. The van der Waals surface area contributed by atoms with Crippen LogP contribution in [-0.4, -0.2) is 23.6 Å². The molecule has 2 aromatic carbocycles. The van der Waals surface area contributed by atoms with Gasteiger partial charge in [0.25, 0.3) is 0 Å². The van der Waals surface area contributed by atoms with Crippen LogP contribution in [0.15, 0.2) is 78.1 Å². The van der Waals surface area contributed by atoms with Gasteiger partial charge in [0.15, 0.2) is 11.6 Å². The summed E-state index contributed by atoms with van der Waals surface area (Å²) in [6.45, 7) is 3.70. The zero-order chi connectivity index (χ0) is 19.4. The van der Waals surface area contributed by atoms with Crippen molar-refractivity contribution in [2.75, 3.05) is 7.11 Å². The number of benzene rings is 2. The molecule has 4 nitrogen and oxygen atoms in total. The fraction of sp³-hybridized carbons (Fsp3) is 0.217. The van der Waals surface area contributed by atoms with Crippen molar-refractivity contribution in [3.8, 4) is 5.75 Å². The summed E-state index contributed by atoms with van der Waals surface area (Å²) in [6, 6.07) is 17.5. The third kappa shape index (κ3) is 4.17. The maximum atomic E-state index is 12.4. The van der Waals surface area contributed by atoms with Crippen LogP contribution < -0.4 is 4.74 Å². The SMILES string of the molecule is COc1ccc(C2C(C(C)=O)=CN(Cc3ccccc3)C=C2C(C)=O)cc1. The molecule has 0 unspecified atom stereocenters. The molecule has 1 heterocycles. The number of ether oxygens (including phenoxy) is 1. The molecule has 0 N–H and O–H groups in total. The number of Topliss-reactive ketones (excluding diaryl/α,β-unsaturated/α-hetero) is 2. The third-order valence-electron chi connectivity index (χ3n) is 4.70. The van der Waals surface area contributed by atoms with Crippen molar-refractivity contribution in [3.63, 3.8) is 0 Å². The smallest absolute Gasteiger partial charge is 0.158 e. The number of nitrogens with zero attached hydrogens (tertiary/aromatic N) is 1. The first-order valence-corrected chi connectivity index (χ1v) is 8.88. The van der Waals surface area contributed by atoms with Crippen molar-refractivity contribution < 1.29 is 14.3 Å². The van der Waals surface area contributed by atoms with Gasteiger partial charge in [-0.05, 0) is 37.1 Å². The Labute approximate surface area is 159 Å². The molecule has 0 atom stereocenters. The highest BCUT2D eigenvalue weighted by molar-refractivity contribution is 6.02. The van der Waals surface area contributed by atoms with Gasteiger partial charge in [0.2, 0.25) is 0 Å². The molecule has 2 aromatic rings. The van der Waals surface area contributed by atoms with E-state index in [1.54, 1.807) is 21.0 Å². The lowest BCUT2D eigenvalue weighted by atomic mass is 9.80. The number of allylic oxidation sites excluding steroid dienone is 2. The summed E-state index contributed by atoms with van der Waals surface area (Å²) in [6.07, 6.45) is 3.72. The largest absolute Gasteiger partial charge is 0.497 e. The number of ketones is 2. The van der Waals surface area contributed by atoms with Crippen molar-refractivity contribution in [2.24, 2.45) is 0 Å². The molecule has 0 saturated heterocycles. The van der Waals surface area contributed by atoms with E-state index < -0.39 is 0 Å². The average Bonchev–Trinajstić information content (AvgIpc) is 2.68. The summed E-state index contributed by atoms with van der Waals surface area (Å²) in [7, 11) is 1.61. The molecule has 0 aromatic heterocycles. The quantitative estimate of drug-likeness (QED) is 0.772. The molecule has 0 bridgehead atoms. The molecular weight excluding hydrogens is 338 g/mol. The van der Waals surface area contributed by atoms with E-state index in [1.165, 1.54) is 0 Å². The van der Waals surface area contributed by atoms with Crippen LogP contribution in [-0.2, 0) is 16.1 Å². The predicted molar refractivity (Wildman–Crippen MR) is 105 cm³/mol. The van der Waals surface area contributed by atoms with E-state index in [1.807, 2.05) is 71.9 Å². The zero-order valence-electron chi connectivity index (χ0n) is 15.8. The Kier molecular flexibility index (Phi) is 5.55. The lowest BCUT2D eigenvalue weighted by Gasteiger charge is -2.30. The number of carbonyl (C=O) groups excluding carboxylic acids is 2. The first kappa shape index (κ1) is 18.6. The van der Waals surface area contributed by atoms with Gasteiger partial charge in [0, 0.05) is 36.0 Å². The van der Waals surface area contributed by atoms with Crippen LogP contribution in [0.1, 0.15) is 30.9 Å². The molecule has 0 aliphatic carbocycles. The molecule has 0 saturated carbocycles. The van der Waals surface area contributed by atoms with Crippen LogP contribution in [0, 0.1) is 0 Å². The Morgan fingerprint density at radius 3 is 1.93 bits per heavy atom. The molecule has 27 heavy (non-hydrogen) atoms. The van der Waals surface area contributed by atoms with Gasteiger partial charge in [-0.2, -0.15) is 0 Å². The Morgan fingerprint density at radius 2 is 1.44 bits per heavy atom. The number of methoxy groups -OCH3 is 1. The zero-order valence-corrected chi connectivity index (χ0v) is 15.8. The van der Waals surface area contributed by atoms with Gasteiger partial charge in [-0.15, -0.1) is 0 Å². The Balaban J connectivity index is 2.01. The van der Waals surface area contributed by atoms with Gasteiger partial charge >= 0.3 is 0 Å². The predicted octanol–water partition coefficient (Wildman–Crippen LogP) is 4.24. The molecule has 138 valence electrons. The summed E-state index contributed by atoms with van der Waals surface area (Å²) in [5.41, 5.74) is 3.24. The second-order valence-electron chi connectivity index (χ2n) is 6.65. The summed E-state index contributed by atoms with van der Waals surface area (Å²) in [5, 5.41) is 0. The normalized spacial score (nSPS) is 14.4. The van der Waals surface area contributed by atoms with Gasteiger partial charge in [-0.3, -0.25) is 9.59 Å². The van der Waals surface area contributed by atoms with Gasteiger partial charge in [0.1, 0.15) is 5.75 Å². The fourth-order valence-electron chi connectivity index (χ4n) is 3.34. The van der Waals surface area contributed by atoms with Crippen LogP contribution in [0.25, 0.3) is 0 Å². The molecule has 4 heteroatoms. The molecule has 0 fully saturated rings. The van der Waals surface area contributed by atoms with E-state index in [4.69, 9.17) is 4.74 Å². The molecule has 3 rings (SSSR count). The second-order valence-corrected chi connectivity index (χ2v) is 6.65. The van der Waals surface area contributed by atoms with Crippen LogP contribution in [0.5, 0.6) is 5.75 Å². The van der Waals surface area contributed by atoms with E-state index in [0.29, 0.717) is 17.7 Å². The number of rotatable bonds is 6. The maximum absolute atomic E-state index is 12.4. The minimum Gasteiger partial charge on any atom is -0.497 e. The maximum Gasteiger partial charge on any atom is 0.158 e. The Hall–Kier alpha value is -3.14. The highest BCUT2D eigenvalue weighted by Crippen LogP contribution is 2.37. The highest BCUT2D eigenvalue weighted by Gasteiger charge is 2.31. The summed E-state index contributed by atoms with van der Waals surface area (Å²) in [4.78, 5) is 26.7.